The molecular weight excluding hydrogens is 505 g/mol. The molecule has 2 aromatic carbocycles. The summed E-state index contributed by atoms with van der Waals surface area (Å²) >= 11 is 0. The molecule has 1 aromatic heterocycles. The molecule has 0 radical (unpaired) electrons. The van der Waals surface area contributed by atoms with Gasteiger partial charge in [-0.1, -0.05) is 24.3 Å². The summed E-state index contributed by atoms with van der Waals surface area (Å²) in [7, 11) is 0. The first-order valence-electron chi connectivity index (χ1n) is 13.5. The molecule has 3 N–H and O–H groups in total. The lowest BCUT2D eigenvalue weighted by molar-refractivity contribution is -0.140. The minimum absolute atomic E-state index is 0.0439. The van der Waals surface area contributed by atoms with E-state index in [1.807, 2.05) is 42.5 Å². The molecule has 0 atom stereocenters. The van der Waals surface area contributed by atoms with Crippen LogP contribution in [0.15, 0.2) is 48.7 Å². The van der Waals surface area contributed by atoms with Gasteiger partial charge < -0.3 is 10.2 Å². The Hall–Kier alpha value is -3.50. The van der Waals surface area contributed by atoms with Crippen molar-refractivity contribution in [3.05, 3.63) is 71.2 Å². The third kappa shape index (κ3) is 5.62. The van der Waals surface area contributed by atoms with E-state index in [2.05, 4.69) is 26.1 Å². The molecule has 3 heterocycles. The highest BCUT2D eigenvalue weighted by atomic mass is 19.3. The Morgan fingerprint density at radius 1 is 1.03 bits per heavy atom. The number of nitrogens with one attached hydrogen (secondary N) is 3. The summed E-state index contributed by atoms with van der Waals surface area (Å²) in [5, 5.41) is 3.06. The summed E-state index contributed by atoms with van der Waals surface area (Å²) in [5.41, 5.74) is 11.0. The van der Waals surface area contributed by atoms with Crippen LogP contribution in [-0.2, 0) is 17.8 Å². The molecule has 2 aliphatic heterocycles. The molecule has 6 rings (SSSR count). The maximum absolute atomic E-state index is 14.6. The van der Waals surface area contributed by atoms with Crippen LogP contribution >= 0.6 is 0 Å². The number of alkyl halides is 2. The van der Waals surface area contributed by atoms with E-state index in [9.17, 15) is 18.0 Å². The van der Waals surface area contributed by atoms with Gasteiger partial charge in [0.25, 0.3) is 0 Å². The Kier molecular flexibility index (Phi) is 6.99. The van der Waals surface area contributed by atoms with Crippen molar-refractivity contribution in [2.24, 2.45) is 5.92 Å². The Balaban J connectivity index is 1.16. The number of nitrogens with zero attached hydrogens (tertiary/aromatic N) is 3. The molecule has 3 aromatic rings. The van der Waals surface area contributed by atoms with Gasteiger partial charge in [-0.3, -0.25) is 15.6 Å². The molecule has 3 aliphatic rings. The van der Waals surface area contributed by atoms with Gasteiger partial charge in [-0.2, -0.15) is 0 Å². The first-order chi connectivity index (χ1) is 18.8. The highest BCUT2D eigenvalue weighted by Crippen LogP contribution is 2.37. The number of hydrazine groups is 1. The number of carbonyl (C=O) groups is 1. The molecule has 1 amide bonds. The van der Waals surface area contributed by atoms with Gasteiger partial charge in [0.1, 0.15) is 0 Å². The maximum atomic E-state index is 14.6. The summed E-state index contributed by atoms with van der Waals surface area (Å²) in [4.78, 5) is 23.5. The van der Waals surface area contributed by atoms with Gasteiger partial charge >= 0.3 is 0 Å². The summed E-state index contributed by atoms with van der Waals surface area (Å²) in [6.07, 6.45) is 1.86. The minimum atomic E-state index is -2.66. The highest BCUT2D eigenvalue weighted by Gasteiger charge is 2.39. The lowest BCUT2D eigenvalue weighted by Gasteiger charge is -2.34. The first kappa shape index (κ1) is 25.8. The van der Waals surface area contributed by atoms with Crippen molar-refractivity contribution in [2.75, 3.05) is 25.0 Å². The van der Waals surface area contributed by atoms with Crippen molar-refractivity contribution < 1.29 is 18.0 Å². The van der Waals surface area contributed by atoms with Gasteiger partial charge in [0.15, 0.2) is 17.5 Å². The van der Waals surface area contributed by atoms with Gasteiger partial charge in [0, 0.05) is 62.1 Å². The third-order valence-electron chi connectivity index (χ3n) is 8.07. The number of hydrogen-bond acceptors (Lipinski definition) is 6. The number of aromatic nitrogens is 2. The molecule has 0 unspecified atom stereocenters. The Bertz CT molecular complexity index is 1350. The number of anilines is 2. The molecule has 0 spiro atoms. The molecule has 10 heteroatoms. The maximum Gasteiger partial charge on any atom is 0.248 e. The van der Waals surface area contributed by atoms with Gasteiger partial charge in [0.2, 0.25) is 11.8 Å². The standard InChI is InChI=1S/C29H31F3N6O/c30-25-16-33-26(37-27(25)36-24-5-3-18(4-6-24)23-14-34-35-15-23)21-2-1-19-9-12-38(17-22(19)13-21)28(39)20-7-10-29(31,32)11-8-20/h1-6,13,16,20,23,34-35H,7-12,14-15,17H2,(H,33,36,37). The molecule has 1 saturated carbocycles. The van der Waals surface area contributed by atoms with Crippen LogP contribution in [0.5, 0.6) is 0 Å². The third-order valence-corrected chi connectivity index (χ3v) is 8.07. The minimum Gasteiger partial charge on any atom is -0.338 e. The summed E-state index contributed by atoms with van der Waals surface area (Å²) in [6, 6.07) is 13.7. The van der Waals surface area contributed by atoms with Gasteiger partial charge in [-0.15, -0.1) is 0 Å². The van der Waals surface area contributed by atoms with Crippen LogP contribution in [0.2, 0.25) is 0 Å². The molecule has 1 saturated heterocycles. The van der Waals surface area contributed by atoms with Crippen molar-refractivity contribution in [1.82, 2.24) is 25.7 Å². The smallest absolute Gasteiger partial charge is 0.248 e. The zero-order chi connectivity index (χ0) is 27.0. The van der Waals surface area contributed by atoms with E-state index in [-0.39, 0.29) is 43.3 Å². The average molecular weight is 537 g/mol. The summed E-state index contributed by atoms with van der Waals surface area (Å²) < 4.78 is 41.8. The monoisotopic (exact) mass is 536 g/mol. The lowest BCUT2D eigenvalue weighted by Crippen LogP contribution is -2.42. The van der Waals surface area contributed by atoms with Crippen LogP contribution < -0.4 is 16.2 Å². The molecule has 7 nitrogen and oxygen atoms in total. The molecule has 204 valence electrons. The van der Waals surface area contributed by atoms with Gasteiger partial charge in [-0.05, 0) is 54.2 Å². The Labute approximate surface area is 225 Å². The van der Waals surface area contributed by atoms with Gasteiger partial charge in [0.05, 0.1) is 6.20 Å². The second-order valence-corrected chi connectivity index (χ2v) is 10.7. The van der Waals surface area contributed by atoms with Crippen molar-refractivity contribution in [2.45, 2.75) is 50.5 Å². The Morgan fingerprint density at radius 2 is 1.77 bits per heavy atom. The number of amides is 1. The lowest BCUT2D eigenvalue weighted by atomic mass is 9.85. The van der Waals surface area contributed by atoms with Gasteiger partial charge in [-0.25, -0.2) is 23.1 Å². The van der Waals surface area contributed by atoms with E-state index >= 15 is 0 Å². The van der Waals surface area contributed by atoms with Crippen LogP contribution in [0.3, 0.4) is 0 Å². The SMILES string of the molecule is O=C(C1CCC(F)(F)CC1)N1CCc2ccc(-c3ncc(F)c(Nc4ccc(C5CNNC5)cc4)n3)cc2C1. The Morgan fingerprint density at radius 3 is 2.51 bits per heavy atom. The highest BCUT2D eigenvalue weighted by molar-refractivity contribution is 5.79. The van der Waals surface area contributed by atoms with E-state index in [0.717, 1.165) is 41.7 Å². The zero-order valence-electron chi connectivity index (χ0n) is 21.5. The number of rotatable bonds is 5. The fourth-order valence-corrected chi connectivity index (χ4v) is 5.70. The van der Waals surface area contributed by atoms with E-state index in [1.54, 1.807) is 4.90 Å². The van der Waals surface area contributed by atoms with E-state index < -0.39 is 11.7 Å². The second-order valence-electron chi connectivity index (χ2n) is 10.7. The zero-order valence-corrected chi connectivity index (χ0v) is 21.5. The topological polar surface area (TPSA) is 82.2 Å². The predicted octanol–water partition coefficient (Wildman–Crippen LogP) is 4.93. The summed E-state index contributed by atoms with van der Waals surface area (Å²) in [5.74, 6) is -2.75. The average Bonchev–Trinajstić information content (AvgIpc) is 3.49. The number of carbonyl (C=O) groups excluding carboxylic acids is 1. The molecule has 39 heavy (non-hydrogen) atoms. The number of benzene rings is 2. The molecule has 2 fully saturated rings. The van der Waals surface area contributed by atoms with Crippen molar-refractivity contribution >= 4 is 17.4 Å². The fourth-order valence-electron chi connectivity index (χ4n) is 5.70. The van der Waals surface area contributed by atoms with E-state index in [0.29, 0.717) is 31.3 Å². The normalized spacial score (nSPS) is 19.6. The molecule has 1 aliphatic carbocycles. The van der Waals surface area contributed by atoms with Crippen LogP contribution in [0, 0.1) is 11.7 Å². The van der Waals surface area contributed by atoms with E-state index in [4.69, 9.17) is 0 Å². The van der Waals surface area contributed by atoms with Crippen molar-refractivity contribution in [3.63, 3.8) is 0 Å². The largest absolute Gasteiger partial charge is 0.338 e. The first-order valence-corrected chi connectivity index (χ1v) is 13.5. The van der Waals surface area contributed by atoms with Crippen LogP contribution in [-0.4, -0.2) is 46.3 Å². The van der Waals surface area contributed by atoms with Crippen LogP contribution in [0.4, 0.5) is 24.7 Å². The van der Waals surface area contributed by atoms with Crippen LogP contribution in [0.1, 0.15) is 48.3 Å². The number of halogens is 3. The predicted molar refractivity (Wildman–Crippen MR) is 142 cm³/mol. The van der Waals surface area contributed by atoms with E-state index in [1.165, 1.54) is 5.56 Å². The molecule has 0 bridgehead atoms. The number of hydrogen-bond donors (Lipinski definition) is 3. The van der Waals surface area contributed by atoms with Crippen molar-refractivity contribution in [1.29, 1.82) is 0 Å². The number of fused-ring (bicyclic) bond motifs is 1. The quantitative estimate of drug-likeness (QED) is 0.429. The second kappa shape index (κ2) is 10.6. The summed E-state index contributed by atoms with van der Waals surface area (Å²) in [6.45, 7) is 2.72. The fraction of sp³-hybridized carbons (Fsp3) is 0.414. The van der Waals surface area contributed by atoms with Crippen molar-refractivity contribution in [3.8, 4) is 11.4 Å². The molecular formula is C29H31F3N6O. The van der Waals surface area contributed by atoms with Crippen LogP contribution in [0.25, 0.3) is 11.4 Å².